The molecule has 2 aliphatic heterocycles. The zero-order chi connectivity index (χ0) is 30.5. The van der Waals surface area contributed by atoms with Crippen LogP contribution >= 0.6 is 0 Å². The number of pyridine rings is 2. The van der Waals surface area contributed by atoms with Crippen LogP contribution in [-0.2, 0) is 26.5 Å². The summed E-state index contributed by atoms with van der Waals surface area (Å²) in [4.78, 5) is 13.9. The molecule has 1 fully saturated rings. The van der Waals surface area contributed by atoms with Gasteiger partial charge in [-0.05, 0) is 65.4 Å². The Balaban J connectivity index is 0.00000338. The molecule has 8 heteroatoms. The van der Waals surface area contributed by atoms with Crippen molar-refractivity contribution in [1.82, 2.24) is 19.9 Å². The Morgan fingerprint density at radius 2 is 1.63 bits per heavy atom. The van der Waals surface area contributed by atoms with Crippen molar-refractivity contribution in [1.29, 1.82) is 0 Å². The number of hydrogen-bond acceptors (Lipinski definition) is 6. The molecule has 0 aliphatic carbocycles. The van der Waals surface area contributed by atoms with Gasteiger partial charge in [0, 0.05) is 62.3 Å². The van der Waals surface area contributed by atoms with E-state index in [0.717, 1.165) is 52.4 Å². The van der Waals surface area contributed by atoms with E-state index in [2.05, 4.69) is 131 Å². The zero-order valence-electron chi connectivity index (χ0n) is 26.0. The predicted molar refractivity (Wildman–Crippen MR) is 181 cm³/mol. The number of nitrogens with one attached hydrogen (secondary N) is 1. The van der Waals surface area contributed by atoms with E-state index in [9.17, 15) is 0 Å². The molecule has 2 atom stereocenters. The average Bonchev–Trinajstić information content (AvgIpc) is 3.61. The van der Waals surface area contributed by atoms with E-state index in [1.165, 1.54) is 10.9 Å². The second-order valence-corrected chi connectivity index (χ2v) is 12.7. The van der Waals surface area contributed by atoms with Crippen molar-refractivity contribution < 1.29 is 25.8 Å². The minimum atomic E-state index is -0.276. The third-order valence-electron chi connectivity index (χ3n) is 8.75. The average molecular weight is 787 g/mol. The van der Waals surface area contributed by atoms with Crippen molar-refractivity contribution >= 4 is 39.0 Å². The van der Waals surface area contributed by atoms with Crippen LogP contribution in [-0.4, -0.2) is 33.3 Å². The van der Waals surface area contributed by atoms with Gasteiger partial charge >= 0.3 is 0 Å². The number of rotatable bonds is 5. The first-order chi connectivity index (χ1) is 21.9. The fourth-order valence-corrected chi connectivity index (χ4v) is 6.46. The second-order valence-electron chi connectivity index (χ2n) is 12.7. The second kappa shape index (κ2) is 12.2. The Morgan fingerprint density at radius 1 is 0.848 bits per heavy atom. The summed E-state index contributed by atoms with van der Waals surface area (Å²) in [5.74, 6) is 2.47. The molecule has 0 spiro atoms. The molecule has 1 N–H and O–H groups in total. The van der Waals surface area contributed by atoms with Crippen LogP contribution in [0.5, 0.6) is 5.75 Å². The van der Waals surface area contributed by atoms with Crippen LogP contribution in [0.25, 0.3) is 27.6 Å². The van der Waals surface area contributed by atoms with Gasteiger partial charge in [0.2, 0.25) is 0 Å². The first kappa shape index (κ1) is 30.5. The van der Waals surface area contributed by atoms with Crippen molar-refractivity contribution in [2.45, 2.75) is 44.9 Å². The largest absolute Gasteiger partial charge is 0.533 e. The van der Waals surface area contributed by atoms with Gasteiger partial charge in [-0.25, -0.2) is 9.97 Å². The molecule has 5 heterocycles. The summed E-state index contributed by atoms with van der Waals surface area (Å²) in [5, 5.41) is 5.84. The van der Waals surface area contributed by atoms with E-state index in [1.807, 2.05) is 36.7 Å². The molecule has 6 aromatic rings. The fraction of sp³-hybridized carbons (Fsp3) is 0.211. The summed E-state index contributed by atoms with van der Waals surface area (Å²) in [5.41, 5.74) is 5.58. The Bertz CT molecular complexity index is 2000. The summed E-state index contributed by atoms with van der Waals surface area (Å²) >= 11 is 0. The van der Waals surface area contributed by atoms with Crippen LogP contribution in [0.15, 0.2) is 103 Å². The maximum absolute atomic E-state index is 6.60. The zero-order valence-corrected chi connectivity index (χ0v) is 28.3. The van der Waals surface area contributed by atoms with Gasteiger partial charge in [0.1, 0.15) is 11.6 Å². The van der Waals surface area contributed by atoms with Crippen molar-refractivity contribution in [3.63, 3.8) is 0 Å². The Labute approximate surface area is 284 Å². The number of para-hydroxylation sites is 3. The molecule has 7 nitrogen and oxygen atoms in total. The topological polar surface area (TPSA) is 58.5 Å². The Hall–Kier alpha value is -4.19. The molecule has 236 valence electrons. The smallest absolute Gasteiger partial charge is 0.135 e. The molecule has 3 aromatic carbocycles. The molecule has 0 radical (unpaired) electrons. The fourth-order valence-electron chi connectivity index (χ4n) is 6.46. The van der Waals surface area contributed by atoms with Gasteiger partial charge in [-0.3, -0.25) is 6.42 Å². The summed E-state index contributed by atoms with van der Waals surface area (Å²) in [7, 11) is 0. The van der Waals surface area contributed by atoms with Gasteiger partial charge in [0.05, 0.1) is 0 Å². The number of fused-ring (bicyclic) bond motifs is 4. The number of piperidine rings is 1. The number of ether oxygens (including phenoxy) is 1. The predicted octanol–water partition coefficient (Wildman–Crippen LogP) is 7.72. The van der Waals surface area contributed by atoms with Crippen LogP contribution in [0.4, 0.5) is 17.2 Å². The molecular formula is C38H35N6OPt-3. The van der Waals surface area contributed by atoms with Crippen LogP contribution in [0.2, 0.25) is 0 Å². The number of nitrogens with zero attached hydrogens (tertiary/aromatic N) is 5. The molecule has 3 aromatic heterocycles. The van der Waals surface area contributed by atoms with Crippen LogP contribution in [0.1, 0.15) is 32.8 Å². The first-order valence-electron chi connectivity index (χ1n) is 15.5. The maximum atomic E-state index is 6.60. The molecule has 0 amide bonds. The summed E-state index contributed by atoms with van der Waals surface area (Å²) in [6, 6.07) is 35.2. The molecule has 0 bridgehead atoms. The monoisotopic (exact) mass is 786 g/mol. The normalized spacial score (nSPS) is 18.1. The van der Waals surface area contributed by atoms with Crippen molar-refractivity contribution in [2.24, 2.45) is 0 Å². The van der Waals surface area contributed by atoms with Crippen LogP contribution < -0.4 is 19.9 Å². The van der Waals surface area contributed by atoms with Gasteiger partial charge in [-0.2, -0.15) is 12.7 Å². The van der Waals surface area contributed by atoms with Crippen molar-refractivity contribution in [2.75, 3.05) is 16.3 Å². The van der Waals surface area contributed by atoms with Gasteiger partial charge < -0.3 is 24.4 Å². The van der Waals surface area contributed by atoms with Crippen molar-refractivity contribution in [3.05, 3.63) is 128 Å². The van der Waals surface area contributed by atoms with E-state index in [0.29, 0.717) is 5.75 Å². The van der Waals surface area contributed by atoms with E-state index in [1.54, 1.807) is 0 Å². The SMILES string of the molecule is CC(C)(C)c1ccnc(-n2c3[c-]c(OC4[CH-]C(N5[CH-]N(c6ccccn6)c6ccccc65)CCN4)ccc3c3ccccc32)c1.[Pt]. The Morgan fingerprint density at radius 3 is 2.46 bits per heavy atom. The molecule has 1 saturated heterocycles. The number of hydrogen-bond donors (Lipinski definition) is 1. The number of benzene rings is 3. The molecule has 2 unspecified atom stereocenters. The molecule has 46 heavy (non-hydrogen) atoms. The van der Waals surface area contributed by atoms with E-state index >= 15 is 0 Å². The van der Waals surface area contributed by atoms with Gasteiger partial charge in [0.25, 0.3) is 0 Å². The third-order valence-corrected chi connectivity index (χ3v) is 8.75. The molecule has 0 saturated carbocycles. The van der Waals surface area contributed by atoms with Gasteiger partial charge in [-0.15, -0.1) is 23.6 Å². The van der Waals surface area contributed by atoms with E-state index in [4.69, 9.17) is 9.72 Å². The van der Waals surface area contributed by atoms with Crippen molar-refractivity contribution in [3.8, 4) is 11.6 Å². The van der Waals surface area contributed by atoms with Gasteiger partial charge in [-0.1, -0.05) is 69.1 Å². The summed E-state index contributed by atoms with van der Waals surface area (Å²) in [6.45, 7) is 9.67. The standard InChI is InChI=1S/C38H35N6O.Pt/c1-38(2,3)26-17-20-40-36(22-26)44-31-11-5-4-10-29(31)30-16-15-28(24-34(30)44)45-37-23-27(18-21-41-37)42-25-43(35-14-8-9-19-39-35)33-13-7-6-12-32(33)42;/h4-17,19-20,22-23,25,27,37,41H,18,21H2,1-3H3;/q-3;. The van der Waals surface area contributed by atoms with Crippen LogP contribution in [0.3, 0.4) is 0 Å². The molecule has 8 rings (SSSR count). The third kappa shape index (κ3) is 5.46. The van der Waals surface area contributed by atoms with Gasteiger partial charge in [0.15, 0.2) is 0 Å². The number of aromatic nitrogens is 3. The Kier molecular flexibility index (Phi) is 8.08. The maximum Gasteiger partial charge on any atom is 0.135 e. The number of anilines is 3. The molecular weight excluding hydrogens is 752 g/mol. The quantitative estimate of drug-likeness (QED) is 0.181. The summed E-state index contributed by atoms with van der Waals surface area (Å²) < 4.78 is 8.80. The molecule has 2 aliphatic rings. The minimum absolute atomic E-state index is 0. The van der Waals surface area contributed by atoms with Crippen LogP contribution in [0, 0.1) is 19.2 Å². The summed E-state index contributed by atoms with van der Waals surface area (Å²) in [6.07, 6.45) is 6.66. The first-order valence-corrected chi connectivity index (χ1v) is 15.5. The van der Waals surface area contributed by atoms with E-state index < -0.39 is 0 Å². The van der Waals surface area contributed by atoms with E-state index in [-0.39, 0.29) is 38.7 Å². The minimum Gasteiger partial charge on any atom is -0.533 e.